The Morgan fingerprint density at radius 3 is 1.93 bits per heavy atom. The van der Waals surface area contributed by atoms with E-state index in [4.69, 9.17) is 4.74 Å². The topological polar surface area (TPSA) is 43.4 Å². The summed E-state index contributed by atoms with van der Waals surface area (Å²) < 4.78 is 7.44. The van der Waals surface area contributed by atoms with E-state index in [2.05, 4.69) is 12.1 Å². The first kappa shape index (κ1) is 18.4. The maximum absolute atomic E-state index is 12.9. The van der Waals surface area contributed by atoms with Crippen LogP contribution in [0.5, 0.6) is 0 Å². The molecule has 0 atom stereocenters. The maximum atomic E-state index is 12.9. The van der Waals surface area contributed by atoms with Gasteiger partial charge in [0.05, 0.1) is 16.7 Å². The van der Waals surface area contributed by atoms with Crippen molar-refractivity contribution in [3.63, 3.8) is 0 Å². The van der Waals surface area contributed by atoms with E-state index in [-0.39, 0.29) is 34.4 Å². The predicted octanol–water partition coefficient (Wildman–Crippen LogP) is 5.79. The minimum atomic E-state index is -0.336. The summed E-state index contributed by atoms with van der Waals surface area (Å²) >= 11 is 0. The lowest BCUT2D eigenvalue weighted by Crippen LogP contribution is -2.11. The lowest BCUT2D eigenvalue weighted by molar-refractivity contribution is -0.148. The largest absolute Gasteiger partial charge is 0.461 e. The summed E-state index contributed by atoms with van der Waals surface area (Å²) in [6, 6.07) is 23.9. The molecule has 0 radical (unpaired) electrons. The number of esters is 1. The Morgan fingerprint density at radius 1 is 0.857 bits per heavy atom. The second kappa shape index (κ2) is 7.56. The molecule has 140 valence electrons. The average molecular weight is 389 g/mol. The second-order valence-electron chi connectivity index (χ2n) is 7.03. The highest BCUT2D eigenvalue weighted by Gasteiger charge is 2.22. The lowest BCUT2D eigenvalue weighted by Gasteiger charge is -2.07. The zero-order valence-electron chi connectivity index (χ0n) is 15.8. The van der Waals surface area contributed by atoms with E-state index >= 15 is 0 Å². The molecule has 0 aliphatic carbocycles. The first-order valence-corrected chi connectivity index (χ1v) is 10.5. The van der Waals surface area contributed by atoms with Crippen molar-refractivity contribution >= 4 is 36.6 Å². The van der Waals surface area contributed by atoms with Gasteiger partial charge in [0.15, 0.2) is 14.3 Å². The molecule has 0 aliphatic heterocycles. The van der Waals surface area contributed by atoms with Crippen LogP contribution in [0.2, 0.25) is 0 Å². The average Bonchev–Trinajstić information content (AvgIpc) is 2.73. The van der Waals surface area contributed by atoms with Crippen LogP contribution in [0, 0.1) is 5.92 Å². The Balaban J connectivity index is 1.81. The summed E-state index contributed by atoms with van der Waals surface area (Å²) in [5.74, 6) is -0.326. The fraction of sp³-hybridized carbons (Fsp3) is 0.167. The molecule has 0 spiro atoms. The first-order chi connectivity index (χ1) is 13.6. The minimum Gasteiger partial charge on any atom is -0.461 e. The number of rotatable bonds is 4. The second-order valence-corrected chi connectivity index (χ2v) is 9.00. The van der Waals surface area contributed by atoms with Crippen LogP contribution < -0.4 is 5.43 Å². The first-order valence-electron chi connectivity index (χ1n) is 9.29. The van der Waals surface area contributed by atoms with Crippen LogP contribution in [0.4, 0.5) is 0 Å². The Labute approximate surface area is 166 Å². The molecule has 4 rings (SSSR count). The van der Waals surface area contributed by atoms with Crippen LogP contribution in [0.25, 0.3) is 25.1 Å². The van der Waals surface area contributed by atoms with Crippen molar-refractivity contribution in [1.82, 2.24) is 0 Å². The molecule has 0 N–H and O–H groups in total. The fourth-order valence-electron chi connectivity index (χ4n) is 3.22. The van der Waals surface area contributed by atoms with Gasteiger partial charge in [-0.2, -0.15) is 0 Å². The van der Waals surface area contributed by atoms with Crippen molar-refractivity contribution in [1.29, 1.82) is 0 Å². The monoisotopic (exact) mass is 389 g/mol. The molecule has 3 aromatic carbocycles. The van der Waals surface area contributed by atoms with Gasteiger partial charge in [0.2, 0.25) is 5.43 Å². The molecule has 3 nitrogen and oxygen atoms in total. The smallest absolute Gasteiger partial charge is 0.308 e. The van der Waals surface area contributed by atoms with Gasteiger partial charge in [-0.05, 0) is 42.0 Å². The minimum absolute atomic E-state index is 0.0900. The summed E-state index contributed by atoms with van der Waals surface area (Å²) in [6.07, 6.45) is 0. The SMILES string of the molecule is CC(C)C(=O)OCc1ccc(-[s+]2c3ccccc3c(=O)c3ccccc32)cc1. The molecule has 4 aromatic rings. The van der Waals surface area contributed by atoms with Gasteiger partial charge in [-0.15, -0.1) is 0 Å². The highest BCUT2D eigenvalue weighted by Crippen LogP contribution is 2.42. The van der Waals surface area contributed by atoms with Crippen LogP contribution in [-0.2, 0) is 16.1 Å². The third-order valence-electron chi connectivity index (χ3n) is 4.71. The standard InChI is InChI=1S/C24H21O3S/c1-16(2)24(26)27-15-17-11-13-18(14-12-17)28-21-9-5-3-7-19(21)23(25)20-8-4-6-10-22(20)28/h3-14,16H,15H2,1-2H3/q+1. The number of benzene rings is 3. The van der Waals surface area contributed by atoms with Gasteiger partial charge in [-0.1, -0.05) is 50.2 Å². The van der Waals surface area contributed by atoms with Crippen LogP contribution >= 0.6 is 10.5 Å². The van der Waals surface area contributed by atoms with E-state index in [1.165, 1.54) is 0 Å². The molecule has 0 fully saturated rings. The van der Waals surface area contributed by atoms with Gasteiger partial charge < -0.3 is 4.74 Å². The third kappa shape index (κ3) is 3.32. The zero-order valence-corrected chi connectivity index (χ0v) is 16.7. The molecule has 28 heavy (non-hydrogen) atoms. The van der Waals surface area contributed by atoms with Gasteiger partial charge in [0.1, 0.15) is 6.61 Å². The van der Waals surface area contributed by atoms with Gasteiger partial charge in [0.25, 0.3) is 0 Å². The number of fused-ring (bicyclic) bond motifs is 2. The molecule has 0 amide bonds. The molecule has 0 saturated heterocycles. The molecule has 0 bridgehead atoms. The maximum Gasteiger partial charge on any atom is 0.308 e. The molecule has 0 unspecified atom stereocenters. The van der Waals surface area contributed by atoms with E-state index in [0.29, 0.717) is 0 Å². The van der Waals surface area contributed by atoms with Crippen molar-refractivity contribution in [3.05, 3.63) is 88.6 Å². The van der Waals surface area contributed by atoms with Crippen LogP contribution in [0.3, 0.4) is 0 Å². The Bertz CT molecular complexity index is 1160. The Hall–Kier alpha value is -2.98. The van der Waals surface area contributed by atoms with E-state index in [1.54, 1.807) is 0 Å². The van der Waals surface area contributed by atoms with Crippen LogP contribution in [0.1, 0.15) is 19.4 Å². The summed E-state index contributed by atoms with van der Waals surface area (Å²) in [7, 11) is -0.336. The van der Waals surface area contributed by atoms with Crippen LogP contribution in [0.15, 0.2) is 77.6 Å². The van der Waals surface area contributed by atoms with Gasteiger partial charge in [-0.25, -0.2) is 0 Å². The van der Waals surface area contributed by atoms with Crippen molar-refractivity contribution in [2.45, 2.75) is 20.5 Å². The van der Waals surface area contributed by atoms with E-state index in [1.807, 2.05) is 74.5 Å². The highest BCUT2D eigenvalue weighted by atomic mass is 32.2. The highest BCUT2D eigenvalue weighted by molar-refractivity contribution is 7.49. The third-order valence-corrected chi connectivity index (χ3v) is 7.05. The van der Waals surface area contributed by atoms with Gasteiger partial charge in [0, 0.05) is 10.5 Å². The summed E-state index contributed by atoms with van der Waals surface area (Å²) in [4.78, 5) is 25.7. The van der Waals surface area contributed by atoms with Gasteiger partial charge in [-0.3, -0.25) is 9.59 Å². The van der Waals surface area contributed by atoms with E-state index in [0.717, 1.165) is 30.6 Å². The van der Waals surface area contributed by atoms with Crippen molar-refractivity contribution in [2.24, 2.45) is 5.92 Å². The van der Waals surface area contributed by atoms with Crippen molar-refractivity contribution < 1.29 is 9.53 Å². The Kier molecular flexibility index (Phi) is 4.97. The molecule has 1 heterocycles. The van der Waals surface area contributed by atoms with Crippen LogP contribution in [-0.4, -0.2) is 5.97 Å². The molecule has 1 aromatic heterocycles. The van der Waals surface area contributed by atoms with E-state index in [9.17, 15) is 9.59 Å². The fourth-order valence-corrected chi connectivity index (χ4v) is 5.57. The van der Waals surface area contributed by atoms with Crippen molar-refractivity contribution in [2.75, 3.05) is 0 Å². The number of hydrogen-bond donors (Lipinski definition) is 0. The molecule has 4 heteroatoms. The predicted molar refractivity (Wildman–Crippen MR) is 116 cm³/mol. The molecular formula is C24H21O3S+. The quantitative estimate of drug-likeness (QED) is 0.252. The molecule has 0 aliphatic rings. The number of carbonyl (C=O) groups is 1. The summed E-state index contributed by atoms with van der Waals surface area (Å²) in [5.41, 5.74) is 1.04. The van der Waals surface area contributed by atoms with E-state index < -0.39 is 0 Å². The lowest BCUT2D eigenvalue weighted by atomic mass is 10.2. The Morgan fingerprint density at radius 2 is 1.39 bits per heavy atom. The number of carbonyl (C=O) groups excluding carboxylic acids is 1. The zero-order chi connectivity index (χ0) is 19.7. The molecule has 0 saturated carbocycles. The number of hydrogen-bond acceptors (Lipinski definition) is 3. The normalized spacial score (nSPS) is 11.2. The summed E-state index contributed by atoms with van der Waals surface area (Å²) in [5, 5.41) is 1.55. The molecular weight excluding hydrogens is 368 g/mol. The van der Waals surface area contributed by atoms with Gasteiger partial charge >= 0.3 is 5.97 Å². The van der Waals surface area contributed by atoms with Crippen molar-refractivity contribution in [3.8, 4) is 4.90 Å². The summed E-state index contributed by atoms with van der Waals surface area (Å²) in [6.45, 7) is 3.92. The number of ether oxygens (including phenoxy) is 1.